The van der Waals surface area contributed by atoms with Crippen molar-refractivity contribution < 1.29 is 8.83 Å². The smallest absolute Gasteiger partial charge is 0.143 e. The fourth-order valence-electron chi connectivity index (χ4n) is 7.36. The number of furan rings is 2. The number of nitrogens with zero attached hydrogens (tertiary/aromatic N) is 1. The van der Waals surface area contributed by atoms with E-state index < -0.39 is 0 Å². The molecule has 0 atom stereocenters. The van der Waals surface area contributed by atoms with Crippen molar-refractivity contribution in [1.82, 2.24) is 0 Å². The first-order valence-corrected chi connectivity index (χ1v) is 17.2. The monoisotopic (exact) mass is 653 g/mol. The van der Waals surface area contributed by atoms with E-state index in [2.05, 4.69) is 169 Å². The van der Waals surface area contributed by atoms with Crippen molar-refractivity contribution >= 4 is 60.9 Å². The molecular formula is C48H31NO2. The van der Waals surface area contributed by atoms with E-state index in [9.17, 15) is 0 Å². The summed E-state index contributed by atoms with van der Waals surface area (Å²) in [6.07, 6.45) is 0. The molecule has 2 aromatic heterocycles. The molecule has 51 heavy (non-hydrogen) atoms. The molecule has 0 aliphatic carbocycles. The van der Waals surface area contributed by atoms with Crippen molar-refractivity contribution in [1.29, 1.82) is 0 Å². The first-order chi connectivity index (χ1) is 25.3. The first kappa shape index (κ1) is 29.1. The second-order valence-corrected chi connectivity index (χ2v) is 12.9. The van der Waals surface area contributed by atoms with Crippen molar-refractivity contribution in [2.24, 2.45) is 0 Å². The predicted molar refractivity (Wildman–Crippen MR) is 212 cm³/mol. The van der Waals surface area contributed by atoms with Gasteiger partial charge < -0.3 is 13.7 Å². The quantitative estimate of drug-likeness (QED) is 0.179. The lowest BCUT2D eigenvalue weighted by atomic mass is 9.95. The van der Waals surface area contributed by atoms with E-state index in [1.54, 1.807) is 0 Å². The van der Waals surface area contributed by atoms with Crippen LogP contribution in [0.5, 0.6) is 0 Å². The summed E-state index contributed by atoms with van der Waals surface area (Å²) in [7, 11) is 0. The van der Waals surface area contributed by atoms with E-state index in [1.165, 1.54) is 11.1 Å². The van der Waals surface area contributed by atoms with Crippen LogP contribution < -0.4 is 4.90 Å². The van der Waals surface area contributed by atoms with Crippen LogP contribution in [-0.4, -0.2) is 0 Å². The minimum Gasteiger partial charge on any atom is -0.456 e. The van der Waals surface area contributed by atoms with Crippen molar-refractivity contribution in [2.45, 2.75) is 0 Å². The molecule has 0 fully saturated rings. The van der Waals surface area contributed by atoms with Crippen LogP contribution in [-0.2, 0) is 0 Å². The van der Waals surface area contributed by atoms with Crippen LogP contribution in [0.3, 0.4) is 0 Å². The van der Waals surface area contributed by atoms with Gasteiger partial charge in [0.1, 0.15) is 22.3 Å². The zero-order valence-corrected chi connectivity index (χ0v) is 27.7. The third kappa shape index (κ3) is 5.06. The van der Waals surface area contributed by atoms with E-state index in [4.69, 9.17) is 8.83 Å². The zero-order valence-electron chi connectivity index (χ0n) is 27.7. The molecule has 10 aromatic rings. The largest absolute Gasteiger partial charge is 0.456 e. The van der Waals surface area contributed by atoms with Gasteiger partial charge in [-0.3, -0.25) is 0 Å². The lowest BCUT2D eigenvalue weighted by Gasteiger charge is -2.26. The molecule has 8 aromatic carbocycles. The van der Waals surface area contributed by atoms with Crippen LogP contribution in [0.4, 0.5) is 17.1 Å². The van der Waals surface area contributed by atoms with Gasteiger partial charge in [-0.1, -0.05) is 115 Å². The summed E-state index contributed by atoms with van der Waals surface area (Å²) < 4.78 is 12.7. The lowest BCUT2D eigenvalue weighted by molar-refractivity contribution is 0.668. The Morgan fingerprint density at radius 1 is 0.294 bits per heavy atom. The minimum absolute atomic E-state index is 0.880. The molecular weight excluding hydrogens is 623 g/mol. The first-order valence-electron chi connectivity index (χ1n) is 17.2. The van der Waals surface area contributed by atoms with Crippen LogP contribution in [0, 0.1) is 0 Å². The Kier molecular flexibility index (Phi) is 6.81. The SMILES string of the molecule is c1ccc(-c2ccc(N(c3ccccc3)c3ccc(-c4cc(-c5ccc6oc7ccccc7c6c5)c5oc6ccccc6c5c4)cc3)cc2)cc1. The van der Waals surface area contributed by atoms with E-state index in [0.717, 1.165) is 83.2 Å². The molecule has 0 unspecified atom stereocenters. The second kappa shape index (κ2) is 11.9. The number of rotatable bonds is 6. The van der Waals surface area contributed by atoms with E-state index >= 15 is 0 Å². The molecule has 240 valence electrons. The highest BCUT2D eigenvalue weighted by Gasteiger charge is 2.18. The average Bonchev–Trinajstić information content (AvgIpc) is 3.77. The lowest BCUT2D eigenvalue weighted by Crippen LogP contribution is -2.09. The second-order valence-electron chi connectivity index (χ2n) is 12.9. The Hall–Kier alpha value is -6.84. The number of benzene rings is 8. The van der Waals surface area contributed by atoms with Crippen molar-refractivity contribution in [3.63, 3.8) is 0 Å². The number of para-hydroxylation sites is 3. The molecule has 2 heterocycles. The van der Waals surface area contributed by atoms with Gasteiger partial charge in [0.05, 0.1) is 0 Å². The van der Waals surface area contributed by atoms with Crippen molar-refractivity contribution in [3.05, 3.63) is 188 Å². The summed E-state index contributed by atoms with van der Waals surface area (Å²) in [5.41, 5.74) is 13.6. The topological polar surface area (TPSA) is 29.5 Å². The summed E-state index contributed by atoms with van der Waals surface area (Å²) in [6.45, 7) is 0. The standard InChI is InChI=1S/C48H31NO2/c1-3-11-32(12-4-1)33-19-24-38(25-20-33)49(37-13-5-2-6-14-37)39-26-21-34(22-27-39)36-30-42(48-44(31-36)41-16-8-10-18-46(41)51-48)35-23-28-47-43(29-35)40-15-7-9-17-45(40)50-47/h1-31H. The molecule has 0 saturated heterocycles. The maximum Gasteiger partial charge on any atom is 0.143 e. The molecule has 0 bridgehead atoms. The van der Waals surface area contributed by atoms with Gasteiger partial charge in [0.2, 0.25) is 0 Å². The third-order valence-corrected chi connectivity index (χ3v) is 9.87. The van der Waals surface area contributed by atoms with Crippen LogP contribution in [0.15, 0.2) is 197 Å². The predicted octanol–water partition coefficient (Wildman–Crippen LogP) is 14.0. The maximum atomic E-state index is 6.56. The third-order valence-electron chi connectivity index (χ3n) is 9.87. The molecule has 3 heteroatoms. The molecule has 0 radical (unpaired) electrons. The van der Waals surface area contributed by atoms with Gasteiger partial charge in [0, 0.05) is 44.2 Å². The number of hydrogen-bond acceptors (Lipinski definition) is 3. The van der Waals surface area contributed by atoms with Crippen LogP contribution in [0.25, 0.3) is 77.3 Å². The molecule has 0 N–H and O–H groups in total. The fraction of sp³-hybridized carbons (Fsp3) is 0. The highest BCUT2D eigenvalue weighted by atomic mass is 16.3. The van der Waals surface area contributed by atoms with Gasteiger partial charge >= 0.3 is 0 Å². The molecule has 0 spiro atoms. The average molecular weight is 654 g/mol. The number of hydrogen-bond donors (Lipinski definition) is 0. The number of fused-ring (bicyclic) bond motifs is 6. The molecule has 0 aliphatic heterocycles. The Balaban J connectivity index is 1.09. The fourth-order valence-corrected chi connectivity index (χ4v) is 7.36. The maximum absolute atomic E-state index is 6.56. The molecule has 0 aliphatic rings. The van der Waals surface area contributed by atoms with Gasteiger partial charge in [0.15, 0.2) is 0 Å². The zero-order chi connectivity index (χ0) is 33.7. The highest BCUT2D eigenvalue weighted by molar-refractivity contribution is 6.13. The molecule has 0 saturated carbocycles. The van der Waals surface area contributed by atoms with Crippen LogP contribution in [0.2, 0.25) is 0 Å². The van der Waals surface area contributed by atoms with Gasteiger partial charge in [-0.15, -0.1) is 0 Å². The Bertz CT molecular complexity index is 2830. The normalized spacial score (nSPS) is 11.5. The van der Waals surface area contributed by atoms with Crippen LogP contribution in [0.1, 0.15) is 0 Å². The Labute approximate surface area is 295 Å². The molecule has 3 nitrogen and oxygen atoms in total. The number of anilines is 3. The van der Waals surface area contributed by atoms with E-state index in [-0.39, 0.29) is 0 Å². The molecule has 0 amide bonds. The van der Waals surface area contributed by atoms with Crippen molar-refractivity contribution in [2.75, 3.05) is 4.90 Å². The van der Waals surface area contributed by atoms with Crippen molar-refractivity contribution in [3.8, 4) is 33.4 Å². The van der Waals surface area contributed by atoms with E-state index in [0.29, 0.717) is 0 Å². The summed E-state index contributed by atoms with van der Waals surface area (Å²) in [4.78, 5) is 2.31. The minimum atomic E-state index is 0.880. The summed E-state index contributed by atoms with van der Waals surface area (Å²) >= 11 is 0. The highest BCUT2D eigenvalue weighted by Crippen LogP contribution is 2.42. The summed E-state index contributed by atoms with van der Waals surface area (Å²) in [5, 5.41) is 4.42. The van der Waals surface area contributed by atoms with E-state index in [1.807, 2.05) is 24.3 Å². The van der Waals surface area contributed by atoms with Gasteiger partial charge in [-0.05, 0) is 101 Å². The summed E-state index contributed by atoms with van der Waals surface area (Å²) in [6, 6.07) is 66.2. The molecule has 10 rings (SSSR count). The Morgan fingerprint density at radius 3 is 1.45 bits per heavy atom. The van der Waals surface area contributed by atoms with Gasteiger partial charge in [-0.2, -0.15) is 0 Å². The Morgan fingerprint density at radius 2 is 0.765 bits per heavy atom. The van der Waals surface area contributed by atoms with Gasteiger partial charge in [-0.25, -0.2) is 0 Å². The summed E-state index contributed by atoms with van der Waals surface area (Å²) in [5.74, 6) is 0. The van der Waals surface area contributed by atoms with Crippen LogP contribution >= 0.6 is 0 Å². The van der Waals surface area contributed by atoms with Gasteiger partial charge in [0.25, 0.3) is 0 Å².